The molecule has 1 aliphatic carbocycles. The van der Waals surface area contributed by atoms with E-state index in [1.807, 2.05) is 0 Å². The molecule has 0 saturated carbocycles. The molecule has 0 aromatic heterocycles. The predicted molar refractivity (Wildman–Crippen MR) is 83.5 cm³/mol. The number of hydrazine groups is 1. The minimum absolute atomic E-state index is 0.0690. The third-order valence-corrected chi connectivity index (χ3v) is 4.20. The zero-order chi connectivity index (χ0) is 14.1. The maximum atomic E-state index is 5.83. The Bertz CT molecular complexity index is 611. The normalized spacial score (nSPS) is 15.2. The summed E-state index contributed by atoms with van der Waals surface area (Å²) in [6, 6.07) is 13.5. The molecule has 3 rings (SSSR count). The van der Waals surface area contributed by atoms with Gasteiger partial charge in [-0.2, -0.15) is 0 Å². The van der Waals surface area contributed by atoms with Gasteiger partial charge < -0.3 is 0 Å². The molecule has 0 heterocycles. The molecule has 1 atom stereocenters. The van der Waals surface area contributed by atoms with E-state index in [4.69, 9.17) is 5.84 Å². The van der Waals surface area contributed by atoms with E-state index in [9.17, 15) is 0 Å². The standard InChI is InChI=1S/C18H22N2/c1-12-8-13(2)10-17(9-12)18(20-19)16-7-6-14-4-3-5-15(14)11-16/h6-11,18,20H,3-5,19H2,1-2H3. The summed E-state index contributed by atoms with van der Waals surface area (Å²) in [5, 5.41) is 0. The molecule has 104 valence electrons. The first-order valence-corrected chi connectivity index (χ1v) is 7.33. The topological polar surface area (TPSA) is 38.0 Å². The van der Waals surface area contributed by atoms with E-state index >= 15 is 0 Å². The lowest BCUT2D eigenvalue weighted by Crippen LogP contribution is -2.29. The van der Waals surface area contributed by atoms with Crippen LogP contribution in [0.1, 0.15) is 45.8 Å². The van der Waals surface area contributed by atoms with E-state index < -0.39 is 0 Å². The summed E-state index contributed by atoms with van der Waals surface area (Å²) in [7, 11) is 0. The van der Waals surface area contributed by atoms with E-state index in [1.165, 1.54) is 52.6 Å². The second-order valence-electron chi connectivity index (χ2n) is 5.90. The first-order valence-electron chi connectivity index (χ1n) is 7.33. The van der Waals surface area contributed by atoms with Gasteiger partial charge in [-0.25, -0.2) is 5.43 Å². The zero-order valence-corrected chi connectivity index (χ0v) is 12.2. The quantitative estimate of drug-likeness (QED) is 0.660. The lowest BCUT2D eigenvalue weighted by Gasteiger charge is -2.19. The van der Waals surface area contributed by atoms with Crippen LogP contribution >= 0.6 is 0 Å². The summed E-state index contributed by atoms with van der Waals surface area (Å²) >= 11 is 0. The van der Waals surface area contributed by atoms with Gasteiger partial charge in [0.1, 0.15) is 0 Å². The van der Waals surface area contributed by atoms with E-state index in [1.54, 1.807) is 0 Å². The number of nitrogens with one attached hydrogen (secondary N) is 1. The fraction of sp³-hybridized carbons (Fsp3) is 0.333. The summed E-state index contributed by atoms with van der Waals surface area (Å²) in [6.07, 6.45) is 3.70. The van der Waals surface area contributed by atoms with Crippen LogP contribution in [0.5, 0.6) is 0 Å². The molecule has 2 heteroatoms. The Balaban J connectivity index is 2.01. The number of fused-ring (bicyclic) bond motifs is 1. The molecular formula is C18H22N2. The minimum Gasteiger partial charge on any atom is -0.271 e. The zero-order valence-electron chi connectivity index (χ0n) is 12.2. The molecule has 0 fully saturated rings. The Morgan fingerprint density at radius 1 is 0.900 bits per heavy atom. The summed E-state index contributed by atoms with van der Waals surface area (Å²) < 4.78 is 0. The first-order chi connectivity index (χ1) is 9.67. The largest absolute Gasteiger partial charge is 0.271 e. The fourth-order valence-electron chi connectivity index (χ4n) is 3.33. The smallest absolute Gasteiger partial charge is 0.0710 e. The van der Waals surface area contributed by atoms with Gasteiger partial charge in [0.15, 0.2) is 0 Å². The van der Waals surface area contributed by atoms with Crippen molar-refractivity contribution >= 4 is 0 Å². The summed E-state index contributed by atoms with van der Waals surface area (Å²) in [5.74, 6) is 5.83. The van der Waals surface area contributed by atoms with Crippen LogP contribution in [0, 0.1) is 13.8 Å². The van der Waals surface area contributed by atoms with Gasteiger partial charge in [-0.3, -0.25) is 5.84 Å². The number of hydrogen-bond donors (Lipinski definition) is 2. The Kier molecular flexibility index (Phi) is 3.60. The predicted octanol–water partition coefficient (Wildman–Crippen LogP) is 3.34. The second-order valence-corrected chi connectivity index (χ2v) is 5.90. The van der Waals surface area contributed by atoms with E-state index in [0.29, 0.717) is 0 Å². The number of hydrogen-bond acceptors (Lipinski definition) is 2. The SMILES string of the molecule is Cc1cc(C)cc(C(NN)c2ccc3c(c2)CCC3)c1. The van der Waals surface area contributed by atoms with Crippen molar-refractivity contribution in [2.75, 3.05) is 0 Å². The highest BCUT2D eigenvalue weighted by Gasteiger charge is 2.17. The van der Waals surface area contributed by atoms with Crippen molar-refractivity contribution in [1.82, 2.24) is 5.43 Å². The highest BCUT2D eigenvalue weighted by atomic mass is 15.2. The van der Waals surface area contributed by atoms with Crippen LogP contribution in [0.2, 0.25) is 0 Å². The van der Waals surface area contributed by atoms with Crippen molar-refractivity contribution in [3.63, 3.8) is 0 Å². The second kappa shape index (κ2) is 5.39. The number of aryl methyl sites for hydroxylation is 4. The Hall–Kier alpha value is -1.64. The van der Waals surface area contributed by atoms with E-state index in [2.05, 4.69) is 55.7 Å². The Morgan fingerprint density at radius 3 is 2.30 bits per heavy atom. The van der Waals surface area contributed by atoms with Crippen LogP contribution in [0.3, 0.4) is 0 Å². The third kappa shape index (κ3) is 2.49. The van der Waals surface area contributed by atoms with Gasteiger partial charge in [0.2, 0.25) is 0 Å². The molecule has 0 radical (unpaired) electrons. The third-order valence-electron chi connectivity index (χ3n) is 4.20. The van der Waals surface area contributed by atoms with Crippen LogP contribution in [0.15, 0.2) is 36.4 Å². The molecule has 3 N–H and O–H groups in total. The molecule has 0 bridgehead atoms. The minimum atomic E-state index is 0.0690. The molecule has 0 saturated heterocycles. The average Bonchev–Trinajstić information content (AvgIpc) is 2.86. The summed E-state index contributed by atoms with van der Waals surface area (Å²) in [5.41, 5.74) is 11.0. The molecule has 0 aliphatic heterocycles. The van der Waals surface area contributed by atoms with E-state index in [-0.39, 0.29) is 6.04 Å². The van der Waals surface area contributed by atoms with Crippen LogP contribution in [-0.4, -0.2) is 0 Å². The van der Waals surface area contributed by atoms with Crippen molar-refractivity contribution in [1.29, 1.82) is 0 Å². The monoisotopic (exact) mass is 266 g/mol. The van der Waals surface area contributed by atoms with Gasteiger partial charge in [0.25, 0.3) is 0 Å². The molecular weight excluding hydrogens is 244 g/mol. The molecule has 0 spiro atoms. The lowest BCUT2D eigenvalue weighted by molar-refractivity contribution is 0.635. The number of nitrogens with two attached hydrogens (primary N) is 1. The van der Waals surface area contributed by atoms with Gasteiger partial charge in [0.05, 0.1) is 6.04 Å². The molecule has 1 unspecified atom stereocenters. The highest BCUT2D eigenvalue weighted by Crippen LogP contribution is 2.28. The molecule has 20 heavy (non-hydrogen) atoms. The van der Waals surface area contributed by atoms with Crippen molar-refractivity contribution in [2.45, 2.75) is 39.2 Å². The van der Waals surface area contributed by atoms with Gasteiger partial charge >= 0.3 is 0 Å². The first kappa shape index (κ1) is 13.3. The van der Waals surface area contributed by atoms with Crippen LogP contribution < -0.4 is 11.3 Å². The maximum Gasteiger partial charge on any atom is 0.0710 e. The van der Waals surface area contributed by atoms with Crippen LogP contribution in [0.25, 0.3) is 0 Å². The summed E-state index contributed by atoms with van der Waals surface area (Å²) in [6.45, 7) is 4.26. The molecule has 2 aromatic rings. The fourth-order valence-corrected chi connectivity index (χ4v) is 3.33. The van der Waals surface area contributed by atoms with Crippen LogP contribution in [0.4, 0.5) is 0 Å². The van der Waals surface area contributed by atoms with Crippen molar-refractivity contribution < 1.29 is 0 Å². The lowest BCUT2D eigenvalue weighted by atomic mass is 9.94. The number of rotatable bonds is 3. The summed E-state index contributed by atoms with van der Waals surface area (Å²) in [4.78, 5) is 0. The van der Waals surface area contributed by atoms with Gasteiger partial charge in [-0.15, -0.1) is 0 Å². The van der Waals surface area contributed by atoms with Crippen molar-refractivity contribution in [2.24, 2.45) is 5.84 Å². The highest BCUT2D eigenvalue weighted by molar-refractivity contribution is 5.41. The van der Waals surface area contributed by atoms with E-state index in [0.717, 1.165) is 0 Å². The number of benzene rings is 2. The van der Waals surface area contributed by atoms with Crippen molar-refractivity contribution in [3.8, 4) is 0 Å². The Labute approximate surface area is 121 Å². The average molecular weight is 266 g/mol. The van der Waals surface area contributed by atoms with Crippen LogP contribution in [-0.2, 0) is 12.8 Å². The van der Waals surface area contributed by atoms with Gasteiger partial charge in [-0.05, 0) is 55.4 Å². The Morgan fingerprint density at radius 2 is 1.60 bits per heavy atom. The van der Waals surface area contributed by atoms with Gasteiger partial charge in [0, 0.05) is 0 Å². The maximum absolute atomic E-state index is 5.83. The van der Waals surface area contributed by atoms with Crippen molar-refractivity contribution in [3.05, 3.63) is 69.8 Å². The molecule has 2 aromatic carbocycles. The molecule has 0 amide bonds. The molecule has 2 nitrogen and oxygen atoms in total. The molecule has 1 aliphatic rings. The van der Waals surface area contributed by atoms with Gasteiger partial charge in [-0.1, -0.05) is 47.5 Å².